The number of aryl methyl sites for hydroxylation is 1. The van der Waals surface area contributed by atoms with Crippen LogP contribution in [0.2, 0.25) is 0 Å². The fraction of sp³-hybridized carbons (Fsp3) is 0.500. The molecule has 6 nitrogen and oxygen atoms in total. The maximum Gasteiger partial charge on any atom is 0.453 e. The second kappa shape index (κ2) is 12.7. The minimum absolute atomic E-state index is 0.0197. The number of alkyl halides is 5. The highest BCUT2D eigenvalue weighted by molar-refractivity contribution is 7.99. The van der Waals surface area contributed by atoms with Gasteiger partial charge in [0.05, 0.1) is 12.3 Å². The lowest BCUT2D eigenvalue weighted by atomic mass is 9.75. The molecule has 1 spiro atoms. The molecule has 0 bridgehead atoms. The predicted molar refractivity (Wildman–Crippen MR) is 153 cm³/mol. The van der Waals surface area contributed by atoms with E-state index in [1.807, 2.05) is 0 Å². The van der Waals surface area contributed by atoms with Crippen molar-refractivity contribution < 1.29 is 35.9 Å². The van der Waals surface area contributed by atoms with Crippen molar-refractivity contribution in [2.24, 2.45) is 0 Å². The summed E-state index contributed by atoms with van der Waals surface area (Å²) in [4.78, 5) is 24.2. The summed E-state index contributed by atoms with van der Waals surface area (Å²) in [5.74, 6) is -4.53. The smallest absolute Gasteiger partial charge is 0.453 e. The maximum absolute atomic E-state index is 15.1. The first-order chi connectivity index (χ1) is 19.8. The number of aromatic nitrogens is 1. The van der Waals surface area contributed by atoms with Crippen molar-refractivity contribution in [2.75, 3.05) is 27.9 Å². The Hall–Kier alpha value is -3.05. The Kier molecular flexibility index (Phi) is 9.62. The van der Waals surface area contributed by atoms with E-state index in [1.54, 1.807) is 24.0 Å². The van der Waals surface area contributed by atoms with Crippen LogP contribution in [-0.4, -0.2) is 51.8 Å². The van der Waals surface area contributed by atoms with Crippen LogP contribution in [0, 0.1) is 19.3 Å². The fourth-order valence-corrected chi connectivity index (χ4v) is 6.30. The van der Waals surface area contributed by atoms with Gasteiger partial charge in [-0.3, -0.25) is 9.69 Å². The minimum Gasteiger partial charge on any atom is -0.491 e. The first kappa shape index (κ1) is 31.9. The molecule has 226 valence electrons. The minimum atomic E-state index is -5.52. The van der Waals surface area contributed by atoms with Gasteiger partial charge in [0.25, 0.3) is 11.7 Å². The Bertz CT molecular complexity index is 1380. The van der Waals surface area contributed by atoms with Gasteiger partial charge in [-0.15, -0.1) is 4.98 Å². The molecule has 0 N–H and O–H groups in total. The van der Waals surface area contributed by atoms with Crippen LogP contribution >= 0.6 is 24.0 Å². The summed E-state index contributed by atoms with van der Waals surface area (Å²) < 4.78 is 83.0. The van der Waals surface area contributed by atoms with Crippen LogP contribution in [0.3, 0.4) is 0 Å². The molecule has 1 saturated carbocycles. The molecule has 2 aliphatic rings. The molecular weight excluding hydrogens is 602 g/mol. The molecule has 1 aliphatic heterocycles. The zero-order valence-electron chi connectivity index (χ0n) is 22.6. The molecule has 1 saturated heterocycles. The van der Waals surface area contributed by atoms with Crippen LogP contribution < -0.4 is 14.5 Å². The number of anilines is 2. The largest absolute Gasteiger partial charge is 0.491 e. The second-order valence-corrected chi connectivity index (χ2v) is 11.8. The van der Waals surface area contributed by atoms with E-state index in [-0.39, 0.29) is 41.4 Å². The highest BCUT2D eigenvalue weighted by Crippen LogP contribution is 2.48. The third-order valence-electron chi connectivity index (χ3n) is 7.30. The van der Waals surface area contributed by atoms with Gasteiger partial charge in [-0.05, 0) is 92.9 Å². The molecule has 0 unspecified atom stereocenters. The number of pyridine rings is 1. The molecule has 14 heteroatoms. The molecule has 4 rings (SSSR count). The van der Waals surface area contributed by atoms with Crippen molar-refractivity contribution in [3.63, 3.8) is 0 Å². The van der Waals surface area contributed by atoms with Gasteiger partial charge in [0.2, 0.25) is 0 Å². The lowest BCUT2D eigenvalue weighted by Gasteiger charge is -2.43. The Balaban J connectivity index is 1.31. The quantitative estimate of drug-likeness (QED) is 0.103. The zero-order valence-corrected chi connectivity index (χ0v) is 24.3. The summed E-state index contributed by atoms with van der Waals surface area (Å²) in [7, 11) is 0. The topological polar surface area (TPSA) is 50.0 Å². The molecule has 2 heterocycles. The SMILES string of the molecule is [C-]#[N+]c1ncc(N2C(=O)C3(CCC3)N(c3ccc(OCCCCSCCCC(F)(F)C(F)(F)F)c(F)c3)C2=S)cc1C. The number of amides is 1. The van der Waals surface area contributed by atoms with Crippen LogP contribution in [0.15, 0.2) is 30.5 Å². The summed E-state index contributed by atoms with van der Waals surface area (Å²) in [5, 5.41) is 0.198. The number of carbonyl (C=O) groups is 1. The first-order valence-corrected chi connectivity index (χ1v) is 14.9. The number of carbonyl (C=O) groups excluding carboxylic acids is 1. The first-order valence-electron chi connectivity index (χ1n) is 13.3. The molecule has 1 aromatic carbocycles. The normalized spacial score (nSPS) is 16.6. The number of ether oxygens (including phenoxy) is 1. The second-order valence-electron chi connectivity index (χ2n) is 10.2. The van der Waals surface area contributed by atoms with E-state index in [0.29, 0.717) is 48.4 Å². The standard InChI is InChI=1S/C28H28F6N4O2S2/c1-18-15-20(17-36-23(18)35-2)37-24(39)26(9-5-10-26)38(25(37)41)19-7-8-22(21(29)16-19)40-12-3-4-13-42-14-6-11-27(30,31)28(32,33)34/h7-8,15-17H,3-6,9-14H2,1H3. The van der Waals surface area contributed by atoms with E-state index in [2.05, 4.69) is 9.83 Å². The van der Waals surface area contributed by atoms with Crippen molar-refractivity contribution in [1.82, 2.24) is 4.98 Å². The number of rotatable bonds is 12. The van der Waals surface area contributed by atoms with E-state index < -0.39 is 29.9 Å². The third-order valence-corrected chi connectivity index (χ3v) is 8.82. The van der Waals surface area contributed by atoms with Crippen molar-refractivity contribution in [3.8, 4) is 5.75 Å². The number of hydrogen-bond donors (Lipinski definition) is 0. The van der Waals surface area contributed by atoms with Gasteiger partial charge >= 0.3 is 12.1 Å². The number of thiocarbonyl (C=S) groups is 1. The van der Waals surface area contributed by atoms with E-state index >= 15 is 4.39 Å². The average Bonchev–Trinajstić information content (AvgIpc) is 3.14. The predicted octanol–water partition coefficient (Wildman–Crippen LogP) is 8.01. The molecule has 1 aromatic heterocycles. The van der Waals surface area contributed by atoms with Crippen LogP contribution in [0.1, 0.15) is 50.5 Å². The van der Waals surface area contributed by atoms with Crippen LogP contribution in [0.25, 0.3) is 4.85 Å². The molecule has 42 heavy (non-hydrogen) atoms. The summed E-state index contributed by atoms with van der Waals surface area (Å²) in [6.07, 6.45) is -2.49. The van der Waals surface area contributed by atoms with E-state index in [1.165, 1.54) is 35.0 Å². The average molecular weight is 631 g/mol. The number of thioether (sulfide) groups is 1. The monoisotopic (exact) mass is 630 g/mol. The van der Waals surface area contributed by atoms with Crippen molar-refractivity contribution in [3.05, 3.63) is 53.3 Å². The number of hydrogen-bond acceptors (Lipinski definition) is 5. The zero-order chi connectivity index (χ0) is 30.7. The van der Waals surface area contributed by atoms with Gasteiger partial charge < -0.3 is 14.5 Å². The number of unbranched alkanes of at least 4 members (excludes halogenated alkanes) is 1. The van der Waals surface area contributed by atoms with Crippen molar-refractivity contribution >= 4 is 52.2 Å². The van der Waals surface area contributed by atoms with Crippen molar-refractivity contribution in [2.45, 2.75) is 69.5 Å². The van der Waals surface area contributed by atoms with Gasteiger partial charge in [0, 0.05) is 18.2 Å². The Labute approximate surface area is 249 Å². The van der Waals surface area contributed by atoms with Gasteiger partial charge in [-0.2, -0.15) is 33.7 Å². The molecular formula is C28H28F6N4O2S2. The Morgan fingerprint density at radius 3 is 2.43 bits per heavy atom. The number of benzene rings is 1. The summed E-state index contributed by atoms with van der Waals surface area (Å²) >= 11 is 6.99. The molecule has 1 amide bonds. The molecule has 0 radical (unpaired) electrons. The van der Waals surface area contributed by atoms with E-state index in [9.17, 15) is 26.7 Å². The van der Waals surface area contributed by atoms with Gasteiger partial charge in [0.1, 0.15) is 11.7 Å². The van der Waals surface area contributed by atoms with E-state index in [0.717, 1.165) is 6.42 Å². The highest BCUT2D eigenvalue weighted by atomic mass is 32.2. The molecule has 2 fully saturated rings. The summed E-state index contributed by atoms with van der Waals surface area (Å²) in [6, 6.07) is 6.07. The highest BCUT2D eigenvalue weighted by Gasteiger charge is 2.60. The molecule has 0 atom stereocenters. The van der Waals surface area contributed by atoms with Crippen molar-refractivity contribution in [1.29, 1.82) is 0 Å². The van der Waals surface area contributed by atoms with Gasteiger partial charge in [-0.25, -0.2) is 4.39 Å². The van der Waals surface area contributed by atoms with Gasteiger partial charge in [0.15, 0.2) is 16.7 Å². The van der Waals surface area contributed by atoms with E-state index in [4.69, 9.17) is 23.5 Å². The van der Waals surface area contributed by atoms with Crippen LogP contribution in [0.5, 0.6) is 5.75 Å². The fourth-order valence-electron chi connectivity index (χ4n) is 4.87. The maximum atomic E-state index is 15.1. The molecule has 2 aromatic rings. The Morgan fingerprint density at radius 1 is 1.12 bits per heavy atom. The van der Waals surface area contributed by atoms with Gasteiger partial charge in [-0.1, -0.05) is 6.57 Å². The third kappa shape index (κ3) is 6.32. The lowest BCUT2D eigenvalue weighted by molar-refractivity contribution is -0.284. The number of halogens is 6. The summed E-state index contributed by atoms with van der Waals surface area (Å²) in [6.45, 7) is 9.12. The van der Waals surface area contributed by atoms with Crippen LogP contribution in [0.4, 0.5) is 43.5 Å². The van der Waals surface area contributed by atoms with Crippen LogP contribution in [-0.2, 0) is 4.79 Å². The molecule has 1 aliphatic carbocycles. The Morgan fingerprint density at radius 2 is 1.83 bits per heavy atom. The lowest BCUT2D eigenvalue weighted by Crippen LogP contribution is -2.55. The summed E-state index contributed by atoms with van der Waals surface area (Å²) in [5.41, 5.74) is 0.547. The number of nitrogens with zero attached hydrogens (tertiary/aromatic N) is 4.